The fraction of sp³-hybridized carbons (Fsp3) is 0.348. The van der Waals surface area contributed by atoms with Gasteiger partial charge in [0.2, 0.25) is 0 Å². The number of carbonyl (C=O) groups is 1. The summed E-state index contributed by atoms with van der Waals surface area (Å²) in [5.74, 6) is 0.117. The highest BCUT2D eigenvalue weighted by Crippen LogP contribution is 2.40. The monoisotopic (exact) mass is 381 g/mol. The topological polar surface area (TPSA) is 31.2 Å². The van der Waals surface area contributed by atoms with Crippen molar-refractivity contribution in [2.45, 2.75) is 45.1 Å². The Morgan fingerprint density at radius 3 is 2.74 bits per heavy atom. The van der Waals surface area contributed by atoms with Crippen LogP contribution in [0.5, 0.6) is 0 Å². The predicted octanol–water partition coefficient (Wildman–Crippen LogP) is 5.72. The molecule has 1 atom stereocenters. The van der Waals surface area contributed by atoms with Gasteiger partial charge < -0.3 is 9.30 Å². The second kappa shape index (κ2) is 7.77. The van der Waals surface area contributed by atoms with Crippen molar-refractivity contribution in [3.05, 3.63) is 70.4 Å². The molecule has 0 amide bonds. The van der Waals surface area contributed by atoms with Crippen molar-refractivity contribution in [1.82, 2.24) is 4.57 Å². The lowest BCUT2D eigenvalue weighted by Crippen LogP contribution is -2.19. The first-order chi connectivity index (χ1) is 13.2. The smallest absolute Gasteiger partial charge is 0.306 e. The Morgan fingerprint density at radius 1 is 1.19 bits per heavy atom. The SMILES string of the molecule is CCOC(=O)CC1CCCc2c1n(Cc1ccc(Cl)cc1)c1ccccc21. The average molecular weight is 382 g/mol. The minimum atomic E-state index is -0.0985. The third-order valence-electron chi connectivity index (χ3n) is 5.46. The number of benzene rings is 2. The van der Waals surface area contributed by atoms with Crippen LogP contribution < -0.4 is 0 Å². The van der Waals surface area contributed by atoms with E-state index in [4.69, 9.17) is 16.3 Å². The first-order valence-corrected chi connectivity index (χ1v) is 10.0. The van der Waals surface area contributed by atoms with Gasteiger partial charge in [0.1, 0.15) is 0 Å². The van der Waals surface area contributed by atoms with Crippen LogP contribution >= 0.6 is 11.6 Å². The minimum absolute atomic E-state index is 0.0985. The van der Waals surface area contributed by atoms with Gasteiger partial charge in [-0.2, -0.15) is 0 Å². The molecule has 3 nitrogen and oxygen atoms in total. The van der Waals surface area contributed by atoms with Crippen LogP contribution in [-0.4, -0.2) is 17.1 Å². The number of fused-ring (bicyclic) bond motifs is 3. The van der Waals surface area contributed by atoms with Gasteiger partial charge in [-0.1, -0.05) is 41.9 Å². The number of ether oxygens (including phenoxy) is 1. The lowest BCUT2D eigenvalue weighted by molar-refractivity contribution is -0.143. The van der Waals surface area contributed by atoms with Gasteiger partial charge in [-0.05, 0) is 55.5 Å². The van der Waals surface area contributed by atoms with Crippen LogP contribution in [0.25, 0.3) is 10.9 Å². The highest BCUT2D eigenvalue weighted by molar-refractivity contribution is 6.30. The highest BCUT2D eigenvalue weighted by Gasteiger charge is 2.29. The molecule has 0 bridgehead atoms. The summed E-state index contributed by atoms with van der Waals surface area (Å²) in [6.07, 6.45) is 3.68. The van der Waals surface area contributed by atoms with Gasteiger partial charge in [-0.25, -0.2) is 0 Å². The molecule has 0 saturated carbocycles. The number of halogens is 1. The van der Waals surface area contributed by atoms with E-state index < -0.39 is 0 Å². The summed E-state index contributed by atoms with van der Waals surface area (Å²) in [4.78, 5) is 12.2. The van der Waals surface area contributed by atoms with Gasteiger partial charge in [-0.15, -0.1) is 0 Å². The van der Waals surface area contributed by atoms with Crippen LogP contribution in [0.4, 0.5) is 0 Å². The number of carbonyl (C=O) groups excluding carboxylic acids is 1. The second-order valence-electron chi connectivity index (χ2n) is 7.19. The summed E-state index contributed by atoms with van der Waals surface area (Å²) in [6, 6.07) is 16.6. The van der Waals surface area contributed by atoms with Gasteiger partial charge >= 0.3 is 5.97 Å². The Morgan fingerprint density at radius 2 is 1.96 bits per heavy atom. The number of nitrogens with zero attached hydrogens (tertiary/aromatic N) is 1. The lowest BCUT2D eigenvalue weighted by Gasteiger charge is -2.25. The number of aromatic nitrogens is 1. The minimum Gasteiger partial charge on any atom is -0.466 e. The van der Waals surface area contributed by atoms with Crippen molar-refractivity contribution in [3.63, 3.8) is 0 Å². The summed E-state index contributed by atoms with van der Waals surface area (Å²) < 4.78 is 7.64. The molecule has 0 spiro atoms. The summed E-state index contributed by atoms with van der Waals surface area (Å²) in [5, 5.41) is 2.06. The van der Waals surface area contributed by atoms with Crippen molar-refractivity contribution in [1.29, 1.82) is 0 Å². The molecular formula is C23H24ClNO2. The lowest BCUT2D eigenvalue weighted by atomic mass is 9.84. The third kappa shape index (κ3) is 3.61. The number of hydrogen-bond donors (Lipinski definition) is 0. The van der Waals surface area contributed by atoms with Crippen molar-refractivity contribution < 1.29 is 9.53 Å². The molecular weight excluding hydrogens is 358 g/mol. The molecule has 0 saturated heterocycles. The van der Waals surface area contributed by atoms with Crippen LogP contribution in [0.1, 0.15) is 48.9 Å². The Hall–Kier alpha value is -2.26. The molecule has 27 heavy (non-hydrogen) atoms. The Balaban J connectivity index is 1.79. The van der Waals surface area contributed by atoms with Crippen molar-refractivity contribution in [3.8, 4) is 0 Å². The molecule has 1 aliphatic rings. The van der Waals surface area contributed by atoms with Crippen LogP contribution in [0.3, 0.4) is 0 Å². The Bertz CT molecular complexity index is 958. The summed E-state index contributed by atoms with van der Waals surface area (Å²) in [6.45, 7) is 3.08. The maximum atomic E-state index is 12.2. The molecule has 140 valence electrons. The molecule has 1 aliphatic carbocycles. The maximum absolute atomic E-state index is 12.2. The number of hydrogen-bond acceptors (Lipinski definition) is 2. The molecule has 1 heterocycles. The molecule has 1 unspecified atom stereocenters. The van der Waals surface area contributed by atoms with Crippen LogP contribution in [0.2, 0.25) is 5.02 Å². The van der Waals surface area contributed by atoms with Gasteiger partial charge in [0, 0.05) is 34.1 Å². The van der Waals surface area contributed by atoms with Crippen LogP contribution in [0, 0.1) is 0 Å². The van der Waals surface area contributed by atoms with E-state index in [2.05, 4.69) is 41.0 Å². The second-order valence-corrected chi connectivity index (χ2v) is 7.63. The molecule has 4 heteroatoms. The number of aryl methyl sites for hydroxylation is 1. The standard InChI is InChI=1S/C23H24ClNO2/c1-2-27-22(26)14-17-6-5-8-20-19-7-3-4-9-21(19)25(23(17)20)15-16-10-12-18(24)13-11-16/h3-4,7,9-13,17H,2,5-6,8,14-15H2,1H3. The molecule has 4 rings (SSSR count). The third-order valence-corrected chi connectivity index (χ3v) is 5.71. The fourth-order valence-corrected chi connectivity index (χ4v) is 4.47. The molecule has 3 aromatic rings. The maximum Gasteiger partial charge on any atom is 0.306 e. The van der Waals surface area contributed by atoms with E-state index in [1.54, 1.807) is 0 Å². The predicted molar refractivity (Wildman–Crippen MR) is 109 cm³/mol. The summed E-state index contributed by atoms with van der Waals surface area (Å²) >= 11 is 6.06. The normalized spacial score (nSPS) is 16.3. The average Bonchev–Trinajstić information content (AvgIpc) is 2.99. The molecule has 0 aliphatic heterocycles. The molecule has 2 aromatic carbocycles. The largest absolute Gasteiger partial charge is 0.466 e. The van der Waals surface area contributed by atoms with E-state index in [1.165, 1.54) is 27.7 Å². The van der Waals surface area contributed by atoms with E-state index in [9.17, 15) is 4.79 Å². The van der Waals surface area contributed by atoms with Crippen molar-refractivity contribution >= 4 is 28.5 Å². The Labute approximate surface area is 164 Å². The van der Waals surface area contributed by atoms with Gasteiger partial charge in [0.15, 0.2) is 0 Å². The van der Waals surface area contributed by atoms with Crippen molar-refractivity contribution in [2.75, 3.05) is 6.61 Å². The molecule has 0 N–H and O–H groups in total. The highest BCUT2D eigenvalue weighted by atomic mass is 35.5. The van der Waals surface area contributed by atoms with Crippen molar-refractivity contribution in [2.24, 2.45) is 0 Å². The first kappa shape index (κ1) is 18.1. The molecule has 0 radical (unpaired) electrons. The van der Waals surface area contributed by atoms with Gasteiger partial charge in [0.25, 0.3) is 0 Å². The molecule has 1 aromatic heterocycles. The fourth-order valence-electron chi connectivity index (χ4n) is 4.35. The number of para-hydroxylation sites is 1. The summed E-state index contributed by atoms with van der Waals surface area (Å²) in [7, 11) is 0. The van der Waals surface area contributed by atoms with E-state index in [-0.39, 0.29) is 11.9 Å². The zero-order chi connectivity index (χ0) is 18.8. The Kier molecular flexibility index (Phi) is 5.22. The number of esters is 1. The zero-order valence-electron chi connectivity index (χ0n) is 15.6. The zero-order valence-corrected chi connectivity index (χ0v) is 16.3. The van der Waals surface area contributed by atoms with E-state index in [0.717, 1.165) is 30.8 Å². The van der Waals surface area contributed by atoms with Crippen LogP contribution in [0.15, 0.2) is 48.5 Å². The van der Waals surface area contributed by atoms with E-state index in [1.807, 2.05) is 19.1 Å². The number of rotatable bonds is 5. The van der Waals surface area contributed by atoms with Gasteiger partial charge in [0.05, 0.1) is 13.0 Å². The van der Waals surface area contributed by atoms with Crippen LogP contribution in [-0.2, 0) is 22.5 Å². The van der Waals surface area contributed by atoms with E-state index in [0.29, 0.717) is 13.0 Å². The summed E-state index contributed by atoms with van der Waals surface area (Å²) in [5.41, 5.74) is 5.17. The first-order valence-electron chi connectivity index (χ1n) is 9.67. The van der Waals surface area contributed by atoms with E-state index >= 15 is 0 Å². The quantitative estimate of drug-likeness (QED) is 0.529. The van der Waals surface area contributed by atoms with Gasteiger partial charge in [-0.3, -0.25) is 4.79 Å². The molecule has 0 fully saturated rings.